The summed E-state index contributed by atoms with van der Waals surface area (Å²) in [6, 6.07) is 6.55. The van der Waals surface area contributed by atoms with Gasteiger partial charge in [-0.1, -0.05) is 32.0 Å². The molecule has 0 saturated heterocycles. The average Bonchev–Trinajstić information content (AvgIpc) is 2.47. The molecule has 2 aliphatic rings. The third-order valence-electron chi connectivity index (χ3n) is 5.34. The van der Waals surface area contributed by atoms with E-state index in [9.17, 15) is 0 Å². The fourth-order valence-electron chi connectivity index (χ4n) is 3.87. The number of aryl methyl sites for hydroxylation is 1. The van der Waals surface area contributed by atoms with Crippen LogP contribution < -0.4 is 10.5 Å². The zero-order chi connectivity index (χ0) is 14.2. The van der Waals surface area contributed by atoms with Crippen molar-refractivity contribution in [3.8, 4) is 5.75 Å². The van der Waals surface area contributed by atoms with E-state index in [0.717, 1.165) is 49.9 Å². The summed E-state index contributed by atoms with van der Waals surface area (Å²) in [6.07, 6.45) is 6.94. The van der Waals surface area contributed by atoms with Crippen molar-refractivity contribution >= 4 is 0 Å². The first-order chi connectivity index (χ1) is 9.60. The van der Waals surface area contributed by atoms with Gasteiger partial charge in [0.1, 0.15) is 5.75 Å². The van der Waals surface area contributed by atoms with Gasteiger partial charge in [0.2, 0.25) is 0 Å². The standard InChI is InChI=1S/C18H27NO/c1-13(2)14-8-10-18(19,11-9-14)16-7-3-5-15-6-4-12-20-17(15)16/h3,5,7,13-14H,4,6,8-12,19H2,1-2H3. The van der Waals surface area contributed by atoms with Crippen molar-refractivity contribution in [1.82, 2.24) is 0 Å². The minimum atomic E-state index is -0.173. The highest BCUT2D eigenvalue weighted by molar-refractivity contribution is 5.46. The van der Waals surface area contributed by atoms with Crippen LogP contribution in [0.3, 0.4) is 0 Å². The van der Waals surface area contributed by atoms with Gasteiger partial charge in [-0.3, -0.25) is 0 Å². The topological polar surface area (TPSA) is 35.2 Å². The maximum Gasteiger partial charge on any atom is 0.127 e. The lowest BCUT2D eigenvalue weighted by Gasteiger charge is -2.40. The van der Waals surface area contributed by atoms with Crippen molar-refractivity contribution in [1.29, 1.82) is 0 Å². The Bertz CT molecular complexity index is 472. The first-order valence-electron chi connectivity index (χ1n) is 8.14. The van der Waals surface area contributed by atoms with Crippen LogP contribution in [0.5, 0.6) is 5.75 Å². The van der Waals surface area contributed by atoms with Gasteiger partial charge in [0.15, 0.2) is 0 Å². The van der Waals surface area contributed by atoms with Crippen molar-refractivity contribution in [3.05, 3.63) is 29.3 Å². The number of nitrogens with two attached hydrogens (primary N) is 1. The number of hydrogen-bond acceptors (Lipinski definition) is 2. The molecule has 110 valence electrons. The van der Waals surface area contributed by atoms with Gasteiger partial charge in [0, 0.05) is 11.1 Å². The molecule has 20 heavy (non-hydrogen) atoms. The van der Waals surface area contributed by atoms with Crippen molar-refractivity contribution < 1.29 is 4.74 Å². The molecule has 1 saturated carbocycles. The molecule has 3 rings (SSSR count). The van der Waals surface area contributed by atoms with Crippen molar-refractivity contribution in [2.24, 2.45) is 17.6 Å². The Hall–Kier alpha value is -1.02. The fourth-order valence-corrected chi connectivity index (χ4v) is 3.87. The second kappa shape index (κ2) is 5.40. The molecule has 1 aromatic rings. The number of benzene rings is 1. The van der Waals surface area contributed by atoms with Crippen LogP contribution in [0.25, 0.3) is 0 Å². The summed E-state index contributed by atoms with van der Waals surface area (Å²) in [6.45, 7) is 5.51. The molecule has 1 aliphatic carbocycles. The lowest BCUT2D eigenvalue weighted by Crippen LogP contribution is -2.41. The third kappa shape index (κ3) is 2.46. The second-order valence-electron chi connectivity index (χ2n) is 6.98. The first kappa shape index (κ1) is 13.9. The third-order valence-corrected chi connectivity index (χ3v) is 5.34. The van der Waals surface area contributed by atoms with Crippen molar-refractivity contribution in [2.75, 3.05) is 6.61 Å². The zero-order valence-corrected chi connectivity index (χ0v) is 12.8. The molecule has 1 fully saturated rings. The summed E-state index contributed by atoms with van der Waals surface area (Å²) in [5.74, 6) is 2.72. The van der Waals surface area contributed by atoms with Gasteiger partial charge in [-0.15, -0.1) is 0 Å². The number of fused-ring (bicyclic) bond motifs is 1. The van der Waals surface area contributed by atoms with E-state index in [-0.39, 0.29) is 5.54 Å². The quantitative estimate of drug-likeness (QED) is 0.883. The Balaban J connectivity index is 1.86. The molecule has 0 spiro atoms. The highest BCUT2D eigenvalue weighted by Gasteiger charge is 2.37. The monoisotopic (exact) mass is 273 g/mol. The van der Waals surface area contributed by atoms with Crippen LogP contribution in [0.2, 0.25) is 0 Å². The zero-order valence-electron chi connectivity index (χ0n) is 12.8. The van der Waals surface area contributed by atoms with Gasteiger partial charge in [0.25, 0.3) is 0 Å². The first-order valence-corrected chi connectivity index (χ1v) is 8.14. The molecule has 0 atom stereocenters. The van der Waals surface area contributed by atoms with E-state index < -0.39 is 0 Å². The molecule has 0 radical (unpaired) electrons. The molecule has 1 aliphatic heterocycles. The van der Waals surface area contributed by atoms with Crippen LogP contribution in [0.4, 0.5) is 0 Å². The molecular formula is C18H27NO. The summed E-state index contributed by atoms with van der Waals surface area (Å²) in [7, 11) is 0. The number of para-hydroxylation sites is 1. The van der Waals surface area contributed by atoms with Gasteiger partial charge in [-0.05, 0) is 55.9 Å². The molecule has 1 aromatic carbocycles. The molecule has 0 bridgehead atoms. The molecular weight excluding hydrogens is 246 g/mol. The maximum atomic E-state index is 6.79. The predicted molar refractivity (Wildman–Crippen MR) is 82.9 cm³/mol. The van der Waals surface area contributed by atoms with E-state index >= 15 is 0 Å². The van der Waals surface area contributed by atoms with Gasteiger partial charge < -0.3 is 10.5 Å². The Kier molecular flexibility index (Phi) is 3.76. The second-order valence-corrected chi connectivity index (χ2v) is 6.98. The molecule has 2 N–H and O–H groups in total. The number of hydrogen-bond donors (Lipinski definition) is 1. The van der Waals surface area contributed by atoms with E-state index in [1.54, 1.807) is 0 Å². The molecule has 0 amide bonds. The van der Waals surface area contributed by atoms with Crippen molar-refractivity contribution in [2.45, 2.75) is 57.9 Å². The SMILES string of the molecule is CC(C)C1CCC(N)(c2cccc3c2OCCC3)CC1. The van der Waals surface area contributed by atoms with E-state index in [2.05, 4.69) is 32.0 Å². The Morgan fingerprint density at radius 2 is 2.00 bits per heavy atom. The van der Waals surface area contributed by atoms with Crippen LogP contribution in [0.15, 0.2) is 18.2 Å². The molecule has 0 unspecified atom stereocenters. The fraction of sp³-hybridized carbons (Fsp3) is 0.667. The van der Waals surface area contributed by atoms with Gasteiger partial charge in [-0.25, -0.2) is 0 Å². The predicted octanol–water partition coefficient (Wildman–Crippen LogP) is 4.01. The molecule has 2 heteroatoms. The summed E-state index contributed by atoms with van der Waals surface area (Å²) in [5, 5.41) is 0. The van der Waals surface area contributed by atoms with E-state index in [1.165, 1.54) is 24.0 Å². The Labute approximate surface area is 122 Å². The largest absolute Gasteiger partial charge is 0.493 e. The van der Waals surface area contributed by atoms with Crippen molar-refractivity contribution in [3.63, 3.8) is 0 Å². The van der Waals surface area contributed by atoms with Gasteiger partial charge >= 0.3 is 0 Å². The number of rotatable bonds is 2. The van der Waals surface area contributed by atoms with Crippen LogP contribution in [-0.4, -0.2) is 6.61 Å². The smallest absolute Gasteiger partial charge is 0.127 e. The summed E-state index contributed by atoms with van der Waals surface area (Å²) in [5.41, 5.74) is 9.23. The van der Waals surface area contributed by atoms with Gasteiger partial charge in [-0.2, -0.15) is 0 Å². The lowest BCUT2D eigenvalue weighted by atomic mass is 9.70. The van der Waals surface area contributed by atoms with Crippen LogP contribution in [0.1, 0.15) is 57.1 Å². The highest BCUT2D eigenvalue weighted by atomic mass is 16.5. The lowest BCUT2D eigenvalue weighted by molar-refractivity contribution is 0.188. The maximum absolute atomic E-state index is 6.79. The highest BCUT2D eigenvalue weighted by Crippen LogP contribution is 2.44. The minimum Gasteiger partial charge on any atom is -0.493 e. The number of ether oxygens (including phenoxy) is 1. The Morgan fingerprint density at radius 1 is 1.25 bits per heavy atom. The minimum absolute atomic E-state index is 0.173. The normalized spacial score (nSPS) is 29.9. The van der Waals surface area contributed by atoms with Gasteiger partial charge in [0.05, 0.1) is 6.61 Å². The summed E-state index contributed by atoms with van der Waals surface area (Å²) >= 11 is 0. The molecule has 0 aromatic heterocycles. The van der Waals surface area contributed by atoms with Crippen LogP contribution in [0, 0.1) is 11.8 Å². The Morgan fingerprint density at radius 3 is 2.70 bits per heavy atom. The molecule has 2 nitrogen and oxygen atoms in total. The van der Waals surface area contributed by atoms with Crippen LogP contribution in [-0.2, 0) is 12.0 Å². The van der Waals surface area contributed by atoms with E-state index in [4.69, 9.17) is 10.5 Å². The average molecular weight is 273 g/mol. The van der Waals surface area contributed by atoms with E-state index in [1.807, 2.05) is 0 Å². The van der Waals surface area contributed by atoms with Crippen LogP contribution >= 0.6 is 0 Å². The summed E-state index contributed by atoms with van der Waals surface area (Å²) in [4.78, 5) is 0. The summed E-state index contributed by atoms with van der Waals surface area (Å²) < 4.78 is 5.97. The van der Waals surface area contributed by atoms with E-state index in [0.29, 0.717) is 0 Å². The molecule has 1 heterocycles.